The van der Waals surface area contributed by atoms with Crippen molar-refractivity contribution < 1.29 is 19.6 Å². The molecule has 0 aliphatic carbocycles. The van der Waals surface area contributed by atoms with Crippen molar-refractivity contribution in [1.29, 1.82) is 0 Å². The van der Waals surface area contributed by atoms with Crippen LogP contribution < -0.4 is 16.0 Å². The van der Waals surface area contributed by atoms with Crippen LogP contribution in [0.1, 0.15) is 21.5 Å². The van der Waals surface area contributed by atoms with Gasteiger partial charge in [0.2, 0.25) is 5.75 Å². The zero-order chi connectivity index (χ0) is 24.2. The van der Waals surface area contributed by atoms with Gasteiger partial charge in [0.15, 0.2) is 0 Å². The van der Waals surface area contributed by atoms with Gasteiger partial charge >= 0.3 is 17.3 Å². The standard InChI is InChI=1S/C23H16N4O7/c28-21-17-8-1-2-9-18(17)25-23(31)26(21)24-12-16-7-4-10-19(27(32)33)20(16)34-13-14-5-3-6-15(11-14)22(29)30/h1-12H,13H2,(H,25,31)(H,29,30). The van der Waals surface area contributed by atoms with Gasteiger partial charge in [0.05, 0.1) is 27.6 Å². The number of para-hydroxylation sites is 2. The summed E-state index contributed by atoms with van der Waals surface area (Å²) in [6.07, 6.45) is 1.11. The van der Waals surface area contributed by atoms with Crippen molar-refractivity contribution in [3.05, 3.63) is 114 Å². The molecule has 0 aliphatic heterocycles. The maximum atomic E-state index is 12.7. The predicted octanol–water partition coefficient (Wildman–Crippen LogP) is 2.76. The van der Waals surface area contributed by atoms with Crippen LogP contribution >= 0.6 is 0 Å². The number of aromatic carboxylic acids is 1. The summed E-state index contributed by atoms with van der Waals surface area (Å²) in [6, 6.07) is 16.5. The van der Waals surface area contributed by atoms with Crippen LogP contribution in [0.25, 0.3) is 10.9 Å². The van der Waals surface area contributed by atoms with E-state index in [0.717, 1.165) is 6.21 Å². The van der Waals surface area contributed by atoms with Gasteiger partial charge in [0.25, 0.3) is 5.56 Å². The molecule has 170 valence electrons. The number of nitrogens with zero attached hydrogens (tertiary/aromatic N) is 3. The summed E-state index contributed by atoms with van der Waals surface area (Å²) in [7, 11) is 0. The molecular weight excluding hydrogens is 444 g/mol. The molecule has 11 nitrogen and oxygen atoms in total. The zero-order valence-corrected chi connectivity index (χ0v) is 17.4. The second kappa shape index (κ2) is 9.20. The number of aromatic amines is 1. The average Bonchev–Trinajstić information content (AvgIpc) is 2.82. The van der Waals surface area contributed by atoms with E-state index in [1.54, 1.807) is 24.3 Å². The molecule has 0 saturated carbocycles. The van der Waals surface area contributed by atoms with Crippen molar-refractivity contribution in [3.63, 3.8) is 0 Å². The van der Waals surface area contributed by atoms with Gasteiger partial charge in [-0.2, -0.15) is 5.10 Å². The van der Waals surface area contributed by atoms with Gasteiger partial charge in [-0.25, -0.2) is 9.59 Å². The first-order valence-corrected chi connectivity index (χ1v) is 9.86. The molecule has 34 heavy (non-hydrogen) atoms. The number of carboxylic acid groups (broad SMARTS) is 1. The molecule has 0 bridgehead atoms. The fraction of sp³-hybridized carbons (Fsp3) is 0.0435. The van der Waals surface area contributed by atoms with Crippen LogP contribution in [0.15, 0.2) is 81.4 Å². The third-order valence-corrected chi connectivity index (χ3v) is 4.87. The molecular formula is C23H16N4O7. The van der Waals surface area contributed by atoms with E-state index in [1.807, 2.05) is 0 Å². The Morgan fingerprint density at radius 2 is 1.88 bits per heavy atom. The van der Waals surface area contributed by atoms with E-state index in [1.165, 1.54) is 42.5 Å². The van der Waals surface area contributed by atoms with Gasteiger partial charge in [-0.3, -0.25) is 14.9 Å². The first-order valence-electron chi connectivity index (χ1n) is 9.86. The van der Waals surface area contributed by atoms with Crippen LogP contribution in [0.3, 0.4) is 0 Å². The number of benzene rings is 3. The smallest absolute Gasteiger partial charge is 0.349 e. The number of fused-ring (bicyclic) bond motifs is 1. The molecule has 0 amide bonds. The number of ether oxygens (including phenoxy) is 1. The van der Waals surface area contributed by atoms with E-state index in [2.05, 4.69) is 10.1 Å². The van der Waals surface area contributed by atoms with Crippen LogP contribution in [-0.2, 0) is 6.61 Å². The molecule has 0 fully saturated rings. The second-order valence-corrected chi connectivity index (χ2v) is 7.08. The molecule has 1 heterocycles. The Kier molecular flexibility index (Phi) is 5.99. The number of aromatic nitrogens is 2. The number of hydrogen-bond donors (Lipinski definition) is 2. The Bertz CT molecular complexity index is 1570. The number of H-pyrrole nitrogens is 1. The molecule has 2 N–H and O–H groups in total. The van der Waals surface area contributed by atoms with Crippen LogP contribution in [0, 0.1) is 10.1 Å². The summed E-state index contributed by atoms with van der Waals surface area (Å²) in [5.74, 6) is -1.27. The first-order chi connectivity index (χ1) is 16.3. The minimum Gasteiger partial charge on any atom is -0.481 e. The van der Waals surface area contributed by atoms with Crippen LogP contribution in [0.2, 0.25) is 0 Å². The Balaban J connectivity index is 1.72. The van der Waals surface area contributed by atoms with Crippen molar-refractivity contribution in [3.8, 4) is 5.75 Å². The van der Waals surface area contributed by atoms with E-state index in [9.17, 15) is 24.5 Å². The molecule has 3 aromatic carbocycles. The van der Waals surface area contributed by atoms with Crippen LogP contribution in [-0.4, -0.2) is 31.9 Å². The predicted molar refractivity (Wildman–Crippen MR) is 123 cm³/mol. The Morgan fingerprint density at radius 1 is 1.12 bits per heavy atom. The van der Waals surface area contributed by atoms with E-state index in [-0.39, 0.29) is 34.6 Å². The first kappa shape index (κ1) is 22.1. The van der Waals surface area contributed by atoms with Crippen LogP contribution in [0.4, 0.5) is 5.69 Å². The van der Waals surface area contributed by atoms with Crippen molar-refractivity contribution in [1.82, 2.24) is 9.66 Å². The highest BCUT2D eigenvalue weighted by molar-refractivity contribution is 5.88. The van der Waals surface area contributed by atoms with Gasteiger partial charge in [-0.15, -0.1) is 4.68 Å². The molecule has 0 unspecified atom stereocenters. The van der Waals surface area contributed by atoms with Gasteiger partial charge in [-0.05, 0) is 35.9 Å². The number of carboxylic acids is 1. The van der Waals surface area contributed by atoms with Crippen LogP contribution in [0.5, 0.6) is 5.75 Å². The van der Waals surface area contributed by atoms with E-state index >= 15 is 0 Å². The Labute approximate surface area is 190 Å². The maximum absolute atomic E-state index is 12.7. The largest absolute Gasteiger partial charge is 0.481 e. The molecule has 0 saturated heterocycles. The summed E-state index contributed by atoms with van der Waals surface area (Å²) in [4.78, 5) is 49.6. The highest BCUT2D eigenvalue weighted by Crippen LogP contribution is 2.30. The van der Waals surface area contributed by atoms with Gasteiger partial charge in [0.1, 0.15) is 6.61 Å². The lowest BCUT2D eigenvalue weighted by Gasteiger charge is -2.10. The molecule has 1 aromatic heterocycles. The van der Waals surface area contributed by atoms with Crippen molar-refractivity contribution in [2.24, 2.45) is 5.10 Å². The van der Waals surface area contributed by atoms with Crippen molar-refractivity contribution >= 4 is 28.8 Å². The second-order valence-electron chi connectivity index (χ2n) is 7.08. The third-order valence-electron chi connectivity index (χ3n) is 4.87. The lowest BCUT2D eigenvalue weighted by Crippen LogP contribution is -2.32. The molecule has 0 aliphatic rings. The van der Waals surface area contributed by atoms with E-state index < -0.39 is 22.1 Å². The highest BCUT2D eigenvalue weighted by atomic mass is 16.6. The molecule has 0 spiro atoms. The Hall–Kier alpha value is -5.06. The Morgan fingerprint density at radius 3 is 2.65 bits per heavy atom. The van der Waals surface area contributed by atoms with Gasteiger partial charge in [0, 0.05) is 11.6 Å². The van der Waals surface area contributed by atoms with Gasteiger partial charge in [-0.1, -0.05) is 30.3 Å². The van der Waals surface area contributed by atoms with Gasteiger partial charge < -0.3 is 14.8 Å². The molecule has 0 atom stereocenters. The van der Waals surface area contributed by atoms with Crippen molar-refractivity contribution in [2.75, 3.05) is 0 Å². The average molecular weight is 460 g/mol. The number of carbonyl (C=O) groups is 1. The number of nitrogens with one attached hydrogen (secondary N) is 1. The maximum Gasteiger partial charge on any atom is 0.349 e. The summed E-state index contributed by atoms with van der Waals surface area (Å²) < 4.78 is 6.28. The summed E-state index contributed by atoms with van der Waals surface area (Å²) in [5, 5.41) is 24.9. The zero-order valence-electron chi connectivity index (χ0n) is 17.4. The number of nitro groups is 1. The number of hydrogen-bond acceptors (Lipinski definition) is 7. The lowest BCUT2D eigenvalue weighted by molar-refractivity contribution is -0.385. The molecule has 4 rings (SSSR count). The van der Waals surface area contributed by atoms with E-state index in [4.69, 9.17) is 9.84 Å². The summed E-state index contributed by atoms with van der Waals surface area (Å²) in [5.41, 5.74) is -0.788. The highest BCUT2D eigenvalue weighted by Gasteiger charge is 2.19. The number of nitro benzene ring substituents is 1. The lowest BCUT2D eigenvalue weighted by atomic mass is 10.1. The minimum atomic E-state index is -1.12. The fourth-order valence-electron chi connectivity index (χ4n) is 3.27. The summed E-state index contributed by atoms with van der Waals surface area (Å²) in [6.45, 7) is -0.163. The van der Waals surface area contributed by atoms with E-state index in [0.29, 0.717) is 15.8 Å². The monoisotopic (exact) mass is 460 g/mol. The van der Waals surface area contributed by atoms with Crippen molar-refractivity contribution in [2.45, 2.75) is 6.61 Å². The fourth-order valence-corrected chi connectivity index (χ4v) is 3.27. The molecule has 11 heteroatoms. The minimum absolute atomic E-state index is 0.0420. The molecule has 0 radical (unpaired) electrons. The molecule has 4 aromatic rings. The SMILES string of the molecule is O=C(O)c1cccc(COc2c(C=Nn3c(=O)[nH]c4ccccc4c3=O)cccc2[N+](=O)[O-])c1. The quantitative estimate of drug-likeness (QED) is 0.244. The normalized spacial score (nSPS) is 11.1. The third kappa shape index (κ3) is 4.43. The summed E-state index contributed by atoms with van der Waals surface area (Å²) >= 11 is 0. The number of rotatable bonds is 7. The topological polar surface area (TPSA) is 157 Å².